The number of Topliss-reactive ketones (excluding diaryl/α,β-unsaturated/α-hetero) is 1. The predicted octanol–water partition coefficient (Wildman–Crippen LogP) is 2.94. The number of piperidine rings is 1. The first-order chi connectivity index (χ1) is 9.83. The Kier molecular flexibility index (Phi) is 5.42. The van der Waals surface area contributed by atoms with Crippen LogP contribution in [0.4, 0.5) is 0 Å². The van der Waals surface area contributed by atoms with Gasteiger partial charge in [0.1, 0.15) is 11.4 Å². The van der Waals surface area contributed by atoms with Crippen molar-refractivity contribution in [1.29, 1.82) is 0 Å². The number of carbonyl (C=O) groups excluding carboxylic acids is 2. The van der Waals surface area contributed by atoms with Crippen molar-refractivity contribution in [2.75, 3.05) is 13.1 Å². The Bertz CT molecular complexity index is 368. The summed E-state index contributed by atoms with van der Waals surface area (Å²) in [6.07, 6.45) is 6.52. The van der Waals surface area contributed by atoms with Crippen molar-refractivity contribution in [3.8, 4) is 0 Å². The predicted molar refractivity (Wildman–Crippen MR) is 82.0 cm³/mol. The highest BCUT2D eigenvalue weighted by molar-refractivity contribution is 5.79. The molecular weight excluding hydrogens is 266 g/mol. The molecule has 120 valence electrons. The fourth-order valence-corrected chi connectivity index (χ4v) is 3.47. The average molecular weight is 295 g/mol. The molecule has 4 heteroatoms. The standard InChI is InChI=1S/C17H29NO3/c1-17(2,3)21-16(20)12-13-4-6-14(7-5-13)18-10-8-15(19)9-11-18/h13-14H,4-12H2,1-3H3. The highest BCUT2D eigenvalue weighted by Crippen LogP contribution is 2.31. The van der Waals surface area contributed by atoms with Crippen molar-refractivity contribution < 1.29 is 14.3 Å². The van der Waals surface area contributed by atoms with Crippen molar-refractivity contribution in [3.05, 3.63) is 0 Å². The fraction of sp³-hybridized carbons (Fsp3) is 0.882. The van der Waals surface area contributed by atoms with Crippen LogP contribution in [-0.2, 0) is 14.3 Å². The lowest BCUT2D eigenvalue weighted by Gasteiger charge is -2.38. The van der Waals surface area contributed by atoms with Gasteiger partial charge in [0.25, 0.3) is 0 Å². The SMILES string of the molecule is CC(C)(C)OC(=O)CC1CCC(N2CCC(=O)CC2)CC1. The molecule has 0 aromatic carbocycles. The molecule has 0 aromatic heterocycles. The van der Waals surface area contributed by atoms with Crippen molar-refractivity contribution in [2.45, 2.75) is 77.4 Å². The van der Waals surface area contributed by atoms with Gasteiger partial charge in [0.05, 0.1) is 0 Å². The van der Waals surface area contributed by atoms with Crippen LogP contribution >= 0.6 is 0 Å². The van der Waals surface area contributed by atoms with E-state index in [1.54, 1.807) is 0 Å². The van der Waals surface area contributed by atoms with E-state index in [4.69, 9.17) is 4.74 Å². The highest BCUT2D eigenvalue weighted by Gasteiger charge is 2.30. The molecule has 0 spiro atoms. The zero-order valence-electron chi connectivity index (χ0n) is 13.7. The van der Waals surface area contributed by atoms with Crippen LogP contribution in [0, 0.1) is 5.92 Å². The molecular formula is C17H29NO3. The molecule has 2 aliphatic rings. The molecule has 0 unspecified atom stereocenters. The molecule has 0 amide bonds. The van der Waals surface area contributed by atoms with Gasteiger partial charge in [-0.1, -0.05) is 0 Å². The molecule has 0 N–H and O–H groups in total. The second-order valence-corrected chi connectivity index (χ2v) is 7.54. The molecule has 2 rings (SSSR count). The zero-order chi connectivity index (χ0) is 15.5. The Labute approximate surface area is 128 Å². The Morgan fingerprint density at radius 2 is 1.71 bits per heavy atom. The first-order valence-corrected chi connectivity index (χ1v) is 8.31. The van der Waals surface area contributed by atoms with E-state index in [1.807, 2.05) is 20.8 Å². The summed E-state index contributed by atoms with van der Waals surface area (Å²) in [5, 5.41) is 0. The van der Waals surface area contributed by atoms with E-state index in [1.165, 1.54) is 0 Å². The summed E-state index contributed by atoms with van der Waals surface area (Å²) in [6, 6.07) is 0.619. The summed E-state index contributed by atoms with van der Waals surface area (Å²) in [5.41, 5.74) is -0.380. The van der Waals surface area contributed by atoms with Crippen LogP contribution in [0.3, 0.4) is 0 Å². The number of carbonyl (C=O) groups is 2. The molecule has 1 saturated carbocycles. The molecule has 2 fully saturated rings. The van der Waals surface area contributed by atoms with Crippen LogP contribution in [-0.4, -0.2) is 41.4 Å². The minimum atomic E-state index is -0.380. The first-order valence-electron chi connectivity index (χ1n) is 8.31. The van der Waals surface area contributed by atoms with Crippen molar-refractivity contribution in [2.24, 2.45) is 5.92 Å². The molecule has 21 heavy (non-hydrogen) atoms. The second kappa shape index (κ2) is 6.91. The monoisotopic (exact) mass is 295 g/mol. The minimum absolute atomic E-state index is 0.0606. The normalized spacial score (nSPS) is 28.4. The number of ether oxygens (including phenoxy) is 1. The van der Waals surface area contributed by atoms with E-state index >= 15 is 0 Å². The van der Waals surface area contributed by atoms with Gasteiger partial charge < -0.3 is 4.74 Å². The third-order valence-electron chi connectivity index (χ3n) is 4.56. The summed E-state index contributed by atoms with van der Waals surface area (Å²) in [5.74, 6) is 0.821. The average Bonchev–Trinajstić information content (AvgIpc) is 2.38. The zero-order valence-corrected chi connectivity index (χ0v) is 13.7. The number of likely N-dealkylation sites (tertiary alicyclic amines) is 1. The highest BCUT2D eigenvalue weighted by atomic mass is 16.6. The van der Waals surface area contributed by atoms with Gasteiger partial charge in [0.15, 0.2) is 0 Å². The Morgan fingerprint density at radius 1 is 1.14 bits per heavy atom. The maximum absolute atomic E-state index is 11.9. The van der Waals surface area contributed by atoms with Crippen molar-refractivity contribution >= 4 is 11.8 Å². The number of hydrogen-bond donors (Lipinski definition) is 0. The lowest BCUT2D eigenvalue weighted by molar-refractivity contribution is -0.156. The van der Waals surface area contributed by atoms with Gasteiger partial charge in [-0.05, 0) is 52.4 Å². The van der Waals surface area contributed by atoms with Crippen LogP contribution in [0.2, 0.25) is 0 Å². The lowest BCUT2D eigenvalue weighted by Crippen LogP contribution is -2.43. The summed E-state index contributed by atoms with van der Waals surface area (Å²) in [4.78, 5) is 25.7. The third-order valence-corrected chi connectivity index (χ3v) is 4.56. The molecule has 1 aliphatic carbocycles. The number of rotatable bonds is 3. The van der Waals surface area contributed by atoms with E-state index < -0.39 is 0 Å². The van der Waals surface area contributed by atoms with Gasteiger partial charge in [-0.2, -0.15) is 0 Å². The molecule has 4 nitrogen and oxygen atoms in total. The van der Waals surface area contributed by atoms with Gasteiger partial charge in [0, 0.05) is 38.4 Å². The summed E-state index contributed by atoms with van der Waals surface area (Å²) in [7, 11) is 0. The van der Waals surface area contributed by atoms with Gasteiger partial charge in [-0.15, -0.1) is 0 Å². The lowest BCUT2D eigenvalue weighted by atomic mass is 9.83. The molecule has 1 saturated heterocycles. The molecule has 0 atom stereocenters. The van der Waals surface area contributed by atoms with E-state index in [2.05, 4.69) is 4.90 Å². The van der Waals surface area contributed by atoms with Crippen LogP contribution in [0.25, 0.3) is 0 Å². The summed E-state index contributed by atoms with van der Waals surface area (Å²) >= 11 is 0. The molecule has 1 heterocycles. The van der Waals surface area contributed by atoms with E-state index in [0.717, 1.165) is 51.6 Å². The van der Waals surface area contributed by atoms with Crippen LogP contribution < -0.4 is 0 Å². The van der Waals surface area contributed by atoms with Gasteiger partial charge in [-0.25, -0.2) is 0 Å². The van der Waals surface area contributed by atoms with E-state index in [0.29, 0.717) is 24.2 Å². The quantitative estimate of drug-likeness (QED) is 0.751. The van der Waals surface area contributed by atoms with Crippen LogP contribution in [0.15, 0.2) is 0 Å². The second-order valence-electron chi connectivity index (χ2n) is 7.54. The molecule has 0 radical (unpaired) electrons. The van der Waals surface area contributed by atoms with Crippen LogP contribution in [0.1, 0.15) is 65.7 Å². The van der Waals surface area contributed by atoms with Gasteiger partial charge in [0.2, 0.25) is 0 Å². The van der Waals surface area contributed by atoms with E-state index in [9.17, 15) is 9.59 Å². The Balaban J connectivity index is 1.71. The smallest absolute Gasteiger partial charge is 0.306 e. The van der Waals surface area contributed by atoms with Crippen LogP contribution in [0.5, 0.6) is 0 Å². The number of hydrogen-bond acceptors (Lipinski definition) is 4. The summed E-state index contributed by atoms with van der Waals surface area (Å²) in [6.45, 7) is 7.61. The number of esters is 1. The Hall–Kier alpha value is -0.900. The maximum atomic E-state index is 11.9. The van der Waals surface area contributed by atoms with Crippen molar-refractivity contribution in [3.63, 3.8) is 0 Å². The molecule has 0 bridgehead atoms. The van der Waals surface area contributed by atoms with Gasteiger partial charge in [-0.3, -0.25) is 14.5 Å². The van der Waals surface area contributed by atoms with Crippen molar-refractivity contribution in [1.82, 2.24) is 4.90 Å². The molecule has 0 aromatic rings. The third kappa shape index (κ3) is 5.42. The Morgan fingerprint density at radius 3 is 2.24 bits per heavy atom. The fourth-order valence-electron chi connectivity index (χ4n) is 3.47. The number of ketones is 1. The largest absolute Gasteiger partial charge is 0.460 e. The van der Waals surface area contributed by atoms with E-state index in [-0.39, 0.29) is 11.6 Å². The summed E-state index contributed by atoms with van der Waals surface area (Å²) < 4.78 is 5.41. The maximum Gasteiger partial charge on any atom is 0.306 e. The number of nitrogens with zero attached hydrogens (tertiary/aromatic N) is 1. The van der Waals surface area contributed by atoms with Gasteiger partial charge >= 0.3 is 5.97 Å². The molecule has 1 aliphatic heterocycles. The first kappa shape index (κ1) is 16.5. The minimum Gasteiger partial charge on any atom is -0.460 e. The topological polar surface area (TPSA) is 46.6 Å².